The maximum absolute atomic E-state index is 12.8. The van der Waals surface area contributed by atoms with Crippen LogP contribution in [-0.2, 0) is 9.59 Å². The van der Waals surface area contributed by atoms with E-state index >= 15 is 0 Å². The zero-order chi connectivity index (χ0) is 24.2. The van der Waals surface area contributed by atoms with Gasteiger partial charge in [-0.3, -0.25) is 9.59 Å². The molecule has 3 heteroatoms. The van der Waals surface area contributed by atoms with Gasteiger partial charge in [-0.1, -0.05) is 66.2 Å². The number of ketones is 1. The molecule has 0 aromatic carbocycles. The number of allylic oxidation sites excluding steroid dienone is 4. The largest absolute Gasteiger partial charge is 0.481 e. The van der Waals surface area contributed by atoms with Crippen LogP contribution in [0.5, 0.6) is 0 Å². The number of hydrogen-bond acceptors (Lipinski definition) is 2. The lowest BCUT2D eigenvalue weighted by molar-refractivity contribution is -0.174. The first-order chi connectivity index (χ1) is 15.1. The van der Waals surface area contributed by atoms with Crippen LogP contribution in [-0.4, -0.2) is 16.9 Å². The van der Waals surface area contributed by atoms with E-state index in [1.54, 1.807) is 0 Å². The molecule has 3 saturated carbocycles. The highest BCUT2D eigenvalue weighted by molar-refractivity contribution is 5.95. The number of aliphatic carboxylic acids is 1. The minimum atomic E-state index is -0.579. The third kappa shape index (κ3) is 2.74. The highest BCUT2D eigenvalue weighted by Crippen LogP contribution is 2.74. The molecule has 0 saturated heterocycles. The maximum atomic E-state index is 12.8. The van der Waals surface area contributed by atoms with Gasteiger partial charge in [0, 0.05) is 5.41 Å². The Kier molecular flexibility index (Phi) is 4.70. The Hall–Kier alpha value is -1.38. The van der Waals surface area contributed by atoms with Crippen LogP contribution in [0.25, 0.3) is 0 Å². The minimum Gasteiger partial charge on any atom is -0.481 e. The lowest BCUT2D eigenvalue weighted by Gasteiger charge is -2.69. The standard InChI is InChI=1S/C30H44O3/c1-25(2)14-16-30(24(32)33)17-15-28(6)19(20(30)18-25)8-9-22-27(5)12-11-23(31)26(3,4)21(27)10-13-29(22,28)7/h8,11-12,20-22H,9-10,13-18H2,1-7H3,(H,32,33). The van der Waals surface area contributed by atoms with E-state index in [1.807, 2.05) is 6.08 Å². The minimum absolute atomic E-state index is 0.00260. The van der Waals surface area contributed by atoms with E-state index in [1.165, 1.54) is 5.57 Å². The van der Waals surface area contributed by atoms with Crippen LogP contribution in [0.4, 0.5) is 0 Å². The van der Waals surface area contributed by atoms with Crippen LogP contribution in [0.3, 0.4) is 0 Å². The summed E-state index contributed by atoms with van der Waals surface area (Å²) < 4.78 is 0. The van der Waals surface area contributed by atoms with Crippen molar-refractivity contribution >= 4 is 11.8 Å². The lowest BCUT2D eigenvalue weighted by Crippen LogP contribution is -2.63. The average molecular weight is 453 g/mol. The molecular formula is C30H44O3. The van der Waals surface area contributed by atoms with Gasteiger partial charge in [0.2, 0.25) is 0 Å². The van der Waals surface area contributed by atoms with Crippen molar-refractivity contribution in [2.75, 3.05) is 0 Å². The van der Waals surface area contributed by atoms with Gasteiger partial charge in [0.15, 0.2) is 5.78 Å². The molecular weight excluding hydrogens is 408 g/mol. The molecule has 182 valence electrons. The number of carboxylic acid groups (broad SMARTS) is 1. The van der Waals surface area contributed by atoms with Crippen molar-refractivity contribution in [2.24, 2.45) is 50.2 Å². The summed E-state index contributed by atoms with van der Waals surface area (Å²) in [6.07, 6.45) is 14.5. The molecule has 5 aliphatic rings. The SMILES string of the molecule is CC1(C)CCC2(C(=O)O)CCC3(C)C(=CCC4C5(C)C=CC(=O)C(C)(C)C5CCC43C)C2C1. The molecule has 5 aliphatic carbocycles. The number of fused-ring (bicyclic) bond motifs is 7. The second-order valence-electron chi connectivity index (χ2n) is 14.5. The Morgan fingerprint density at radius 3 is 2.27 bits per heavy atom. The molecule has 3 nitrogen and oxygen atoms in total. The molecule has 1 N–H and O–H groups in total. The van der Waals surface area contributed by atoms with Gasteiger partial charge in [-0.2, -0.15) is 0 Å². The fraction of sp³-hybridized carbons (Fsp3) is 0.800. The number of carboxylic acids is 1. The summed E-state index contributed by atoms with van der Waals surface area (Å²) >= 11 is 0. The van der Waals surface area contributed by atoms with Gasteiger partial charge in [0.1, 0.15) is 0 Å². The van der Waals surface area contributed by atoms with E-state index in [9.17, 15) is 14.7 Å². The van der Waals surface area contributed by atoms with Gasteiger partial charge >= 0.3 is 5.97 Å². The molecule has 0 amide bonds. The van der Waals surface area contributed by atoms with E-state index in [0.29, 0.717) is 11.8 Å². The second kappa shape index (κ2) is 6.64. The Balaban J connectivity index is 1.63. The first kappa shape index (κ1) is 23.4. The summed E-state index contributed by atoms with van der Waals surface area (Å²) in [4.78, 5) is 25.5. The van der Waals surface area contributed by atoms with E-state index in [2.05, 4.69) is 60.6 Å². The maximum Gasteiger partial charge on any atom is 0.310 e. The summed E-state index contributed by atoms with van der Waals surface area (Å²) in [6.45, 7) is 16.4. The molecule has 0 aromatic heterocycles. The molecule has 0 aromatic rings. The number of carbonyl (C=O) groups excluding carboxylic acids is 1. The van der Waals surface area contributed by atoms with Crippen molar-refractivity contribution in [3.8, 4) is 0 Å². The first-order valence-electron chi connectivity index (χ1n) is 13.3. The van der Waals surface area contributed by atoms with Crippen molar-refractivity contribution < 1.29 is 14.7 Å². The number of carbonyl (C=O) groups is 2. The molecule has 33 heavy (non-hydrogen) atoms. The summed E-state index contributed by atoms with van der Waals surface area (Å²) in [5.41, 5.74) is 0.928. The van der Waals surface area contributed by atoms with Crippen LogP contribution in [0.2, 0.25) is 0 Å². The number of hydrogen-bond donors (Lipinski definition) is 1. The Labute approximate surface area is 200 Å². The molecule has 7 unspecified atom stereocenters. The molecule has 0 aliphatic heterocycles. The molecule has 5 rings (SSSR count). The smallest absolute Gasteiger partial charge is 0.310 e. The normalized spacial score (nSPS) is 49.7. The highest BCUT2D eigenvalue weighted by Gasteiger charge is 2.68. The highest BCUT2D eigenvalue weighted by atomic mass is 16.4. The van der Waals surface area contributed by atoms with Crippen LogP contribution in [0, 0.1) is 50.2 Å². The summed E-state index contributed by atoms with van der Waals surface area (Å²) in [5, 5.41) is 10.5. The quantitative estimate of drug-likeness (QED) is 0.427. The zero-order valence-electron chi connectivity index (χ0n) is 21.9. The average Bonchev–Trinajstić information content (AvgIpc) is 2.71. The molecule has 0 radical (unpaired) electrons. The van der Waals surface area contributed by atoms with Crippen molar-refractivity contribution in [3.05, 3.63) is 23.8 Å². The topological polar surface area (TPSA) is 54.4 Å². The number of rotatable bonds is 1. The fourth-order valence-electron chi connectivity index (χ4n) is 9.93. The first-order valence-corrected chi connectivity index (χ1v) is 13.3. The van der Waals surface area contributed by atoms with E-state index in [4.69, 9.17) is 0 Å². The molecule has 0 spiro atoms. The predicted molar refractivity (Wildman–Crippen MR) is 132 cm³/mol. The third-order valence-corrected chi connectivity index (χ3v) is 12.3. The van der Waals surface area contributed by atoms with Crippen molar-refractivity contribution in [1.29, 1.82) is 0 Å². The van der Waals surface area contributed by atoms with Gasteiger partial charge in [0.25, 0.3) is 0 Å². The third-order valence-electron chi connectivity index (χ3n) is 12.3. The van der Waals surface area contributed by atoms with Crippen LogP contribution >= 0.6 is 0 Å². The Bertz CT molecular complexity index is 969. The Morgan fingerprint density at radius 2 is 1.61 bits per heavy atom. The van der Waals surface area contributed by atoms with Gasteiger partial charge in [-0.15, -0.1) is 0 Å². The molecule has 7 atom stereocenters. The summed E-state index contributed by atoms with van der Waals surface area (Å²) in [5.74, 6) is 0.717. The second-order valence-corrected chi connectivity index (χ2v) is 14.5. The Morgan fingerprint density at radius 1 is 0.939 bits per heavy atom. The molecule has 0 heterocycles. The molecule has 0 bridgehead atoms. The fourth-order valence-corrected chi connectivity index (χ4v) is 9.93. The van der Waals surface area contributed by atoms with Gasteiger partial charge in [0.05, 0.1) is 5.41 Å². The predicted octanol–water partition coefficient (Wildman–Crippen LogP) is 7.22. The van der Waals surface area contributed by atoms with Crippen molar-refractivity contribution in [1.82, 2.24) is 0 Å². The van der Waals surface area contributed by atoms with Crippen LogP contribution in [0.15, 0.2) is 23.8 Å². The van der Waals surface area contributed by atoms with Crippen LogP contribution in [0.1, 0.15) is 99.8 Å². The summed E-state index contributed by atoms with van der Waals surface area (Å²) in [7, 11) is 0. The van der Waals surface area contributed by atoms with Gasteiger partial charge in [-0.25, -0.2) is 0 Å². The molecule has 3 fully saturated rings. The van der Waals surface area contributed by atoms with Crippen molar-refractivity contribution in [3.63, 3.8) is 0 Å². The zero-order valence-corrected chi connectivity index (χ0v) is 21.9. The van der Waals surface area contributed by atoms with E-state index < -0.39 is 11.4 Å². The van der Waals surface area contributed by atoms with E-state index in [-0.39, 0.29) is 38.8 Å². The van der Waals surface area contributed by atoms with E-state index in [0.717, 1.165) is 51.4 Å². The van der Waals surface area contributed by atoms with Gasteiger partial charge in [-0.05, 0) is 96.9 Å². The summed E-state index contributed by atoms with van der Waals surface area (Å²) in [6, 6.07) is 0. The monoisotopic (exact) mass is 452 g/mol. The van der Waals surface area contributed by atoms with Crippen LogP contribution < -0.4 is 0 Å². The lowest BCUT2D eigenvalue weighted by atomic mass is 9.34. The van der Waals surface area contributed by atoms with Gasteiger partial charge < -0.3 is 5.11 Å². The van der Waals surface area contributed by atoms with Crippen molar-refractivity contribution in [2.45, 2.75) is 99.8 Å².